The van der Waals surface area contributed by atoms with Crippen LogP contribution in [0.15, 0.2) is 36.1 Å². The molecule has 10 heteroatoms. The van der Waals surface area contributed by atoms with E-state index in [1.165, 1.54) is 24.5 Å². The molecule has 1 spiro atoms. The molecule has 3 aliphatic rings. The van der Waals surface area contributed by atoms with Crippen LogP contribution in [0.2, 0.25) is 10.0 Å². The van der Waals surface area contributed by atoms with Crippen molar-refractivity contribution in [1.29, 1.82) is 0 Å². The van der Waals surface area contributed by atoms with E-state index >= 15 is 0 Å². The Bertz CT molecular complexity index is 850. The van der Waals surface area contributed by atoms with E-state index in [0.717, 1.165) is 0 Å². The van der Waals surface area contributed by atoms with Crippen molar-refractivity contribution in [2.24, 2.45) is 5.92 Å². The number of alkyl halides is 2. The molecule has 1 aromatic heterocycles. The highest BCUT2D eigenvalue weighted by atomic mass is 35.5. The van der Waals surface area contributed by atoms with E-state index in [4.69, 9.17) is 37.4 Å². The number of carbonyl (C=O) groups is 1. The SMILES string of the molecule is O=C(Cc1c(Cl)cncc1Cl)C1C=CC(OC(F)F)=C2OC3(CCOCC3)OC21. The van der Waals surface area contributed by atoms with E-state index in [-0.39, 0.29) is 33.8 Å². The van der Waals surface area contributed by atoms with Gasteiger partial charge in [-0.15, -0.1) is 0 Å². The zero-order valence-electron chi connectivity index (χ0n) is 15.1. The van der Waals surface area contributed by atoms with Gasteiger partial charge in [-0.05, 0) is 11.6 Å². The van der Waals surface area contributed by atoms with Crippen LogP contribution in [-0.4, -0.2) is 42.5 Å². The standard InChI is InChI=1S/C19H17Cl2F2NO5/c20-12-8-24-9-13(21)11(12)7-14(25)10-1-2-15(27-18(22)23)17-16(10)28-19(29-17)3-5-26-6-4-19/h1-2,8-10,16,18H,3-7H2. The Hall–Kier alpha value is -1.74. The molecule has 156 valence electrons. The molecule has 6 nitrogen and oxygen atoms in total. The van der Waals surface area contributed by atoms with Gasteiger partial charge >= 0.3 is 6.61 Å². The summed E-state index contributed by atoms with van der Waals surface area (Å²) in [4.78, 5) is 16.9. The van der Waals surface area contributed by atoms with Crippen molar-refractivity contribution in [1.82, 2.24) is 4.98 Å². The van der Waals surface area contributed by atoms with Crippen molar-refractivity contribution < 1.29 is 32.5 Å². The van der Waals surface area contributed by atoms with Crippen molar-refractivity contribution in [3.63, 3.8) is 0 Å². The van der Waals surface area contributed by atoms with Crippen molar-refractivity contribution in [3.05, 3.63) is 51.7 Å². The van der Waals surface area contributed by atoms with Crippen LogP contribution < -0.4 is 0 Å². The molecule has 1 aromatic rings. The number of halogens is 4. The number of aromatic nitrogens is 1. The summed E-state index contributed by atoms with van der Waals surface area (Å²) in [6, 6.07) is 0. The van der Waals surface area contributed by atoms with Gasteiger partial charge in [-0.3, -0.25) is 9.78 Å². The van der Waals surface area contributed by atoms with E-state index in [0.29, 0.717) is 31.6 Å². The Morgan fingerprint density at radius 3 is 2.62 bits per heavy atom. The molecule has 0 radical (unpaired) electrons. The first-order valence-corrected chi connectivity index (χ1v) is 9.76. The zero-order chi connectivity index (χ0) is 20.6. The average Bonchev–Trinajstić information content (AvgIpc) is 3.04. The van der Waals surface area contributed by atoms with E-state index in [9.17, 15) is 13.6 Å². The largest absolute Gasteiger partial charge is 0.460 e. The Morgan fingerprint density at radius 1 is 1.28 bits per heavy atom. The molecule has 2 atom stereocenters. The summed E-state index contributed by atoms with van der Waals surface area (Å²) >= 11 is 12.2. The van der Waals surface area contributed by atoms with Gasteiger partial charge in [-0.2, -0.15) is 8.78 Å². The number of rotatable bonds is 5. The average molecular weight is 448 g/mol. The zero-order valence-corrected chi connectivity index (χ0v) is 16.6. The summed E-state index contributed by atoms with van der Waals surface area (Å²) in [5.41, 5.74) is 0.446. The maximum atomic E-state index is 13.1. The van der Waals surface area contributed by atoms with Crippen LogP contribution in [-0.2, 0) is 30.2 Å². The molecule has 3 heterocycles. The summed E-state index contributed by atoms with van der Waals surface area (Å²) in [5.74, 6) is -2.08. The second-order valence-electron chi connectivity index (χ2n) is 6.88. The number of pyridine rings is 1. The smallest absolute Gasteiger partial charge is 0.387 e. The van der Waals surface area contributed by atoms with Crippen LogP contribution in [0.4, 0.5) is 8.78 Å². The number of allylic oxidation sites excluding steroid dienone is 1. The molecule has 0 saturated carbocycles. The minimum atomic E-state index is -3.03. The highest BCUT2D eigenvalue weighted by molar-refractivity contribution is 6.36. The summed E-state index contributed by atoms with van der Waals surface area (Å²) in [6.45, 7) is -2.22. The number of ketones is 1. The van der Waals surface area contributed by atoms with Gasteiger partial charge in [-0.1, -0.05) is 29.3 Å². The number of nitrogens with zero attached hydrogens (tertiary/aromatic N) is 1. The third kappa shape index (κ3) is 4.12. The Balaban J connectivity index is 1.61. The van der Waals surface area contributed by atoms with Gasteiger partial charge in [0.1, 0.15) is 11.9 Å². The summed E-state index contributed by atoms with van der Waals surface area (Å²) in [7, 11) is 0. The first-order valence-electron chi connectivity index (χ1n) is 9.01. The lowest BCUT2D eigenvalue weighted by Gasteiger charge is -2.31. The maximum Gasteiger partial charge on any atom is 0.387 e. The second kappa shape index (κ2) is 8.18. The number of carbonyl (C=O) groups excluding carboxylic acids is 1. The Morgan fingerprint density at radius 2 is 1.97 bits per heavy atom. The third-order valence-electron chi connectivity index (χ3n) is 5.07. The highest BCUT2D eigenvalue weighted by Gasteiger charge is 2.52. The minimum absolute atomic E-state index is 0.0660. The summed E-state index contributed by atoms with van der Waals surface area (Å²) < 4.78 is 47.6. The van der Waals surface area contributed by atoms with Crippen molar-refractivity contribution in [3.8, 4) is 0 Å². The van der Waals surface area contributed by atoms with Gasteiger partial charge in [0.2, 0.25) is 5.79 Å². The van der Waals surface area contributed by atoms with Gasteiger partial charge in [0.05, 0.1) is 29.2 Å². The lowest BCUT2D eigenvalue weighted by molar-refractivity contribution is -0.209. The fraction of sp³-hybridized carbons (Fsp3) is 0.474. The molecule has 1 aliphatic carbocycles. The van der Waals surface area contributed by atoms with Crippen LogP contribution in [0.25, 0.3) is 0 Å². The van der Waals surface area contributed by atoms with Gasteiger partial charge < -0.3 is 18.9 Å². The lowest BCUT2D eigenvalue weighted by atomic mass is 9.88. The van der Waals surface area contributed by atoms with E-state index < -0.39 is 24.4 Å². The van der Waals surface area contributed by atoms with Gasteiger partial charge in [0.15, 0.2) is 11.5 Å². The fourth-order valence-corrected chi connectivity index (χ4v) is 4.14. The monoisotopic (exact) mass is 447 g/mol. The summed E-state index contributed by atoms with van der Waals surface area (Å²) in [5, 5.41) is 0.542. The van der Waals surface area contributed by atoms with Crippen molar-refractivity contribution >= 4 is 29.0 Å². The fourth-order valence-electron chi connectivity index (χ4n) is 3.64. The molecular weight excluding hydrogens is 431 g/mol. The molecule has 0 bridgehead atoms. The van der Waals surface area contributed by atoms with E-state index in [1.807, 2.05) is 0 Å². The van der Waals surface area contributed by atoms with Gasteiger partial charge in [0, 0.05) is 31.7 Å². The number of hydrogen-bond donors (Lipinski definition) is 0. The molecule has 2 saturated heterocycles. The first kappa shape index (κ1) is 20.5. The quantitative estimate of drug-likeness (QED) is 0.677. The number of hydrogen-bond acceptors (Lipinski definition) is 6. The molecular formula is C19H17Cl2F2NO5. The van der Waals surface area contributed by atoms with Crippen LogP contribution in [0.1, 0.15) is 18.4 Å². The lowest BCUT2D eigenvalue weighted by Crippen LogP contribution is -2.39. The van der Waals surface area contributed by atoms with Crippen molar-refractivity contribution in [2.75, 3.05) is 13.2 Å². The summed E-state index contributed by atoms with van der Waals surface area (Å²) in [6.07, 6.45) is 5.49. The Labute approximate surface area is 175 Å². The van der Waals surface area contributed by atoms with Gasteiger partial charge in [0.25, 0.3) is 0 Å². The number of fused-ring (bicyclic) bond motifs is 1. The normalized spacial score (nSPS) is 25.3. The third-order valence-corrected chi connectivity index (χ3v) is 5.72. The van der Waals surface area contributed by atoms with Crippen LogP contribution in [0.5, 0.6) is 0 Å². The number of Topliss-reactive ketones (excluding diaryl/α,β-unsaturated/α-hetero) is 1. The molecule has 0 N–H and O–H groups in total. The topological polar surface area (TPSA) is 66.9 Å². The predicted octanol–water partition coefficient (Wildman–Crippen LogP) is 4.06. The van der Waals surface area contributed by atoms with Crippen molar-refractivity contribution in [2.45, 2.75) is 37.8 Å². The molecule has 4 rings (SSSR count). The second-order valence-corrected chi connectivity index (χ2v) is 7.69. The number of ether oxygens (including phenoxy) is 4. The molecule has 2 aliphatic heterocycles. The van der Waals surface area contributed by atoms with Crippen LogP contribution in [0, 0.1) is 5.92 Å². The first-order chi connectivity index (χ1) is 13.9. The predicted molar refractivity (Wildman–Crippen MR) is 98.5 cm³/mol. The van der Waals surface area contributed by atoms with Crippen LogP contribution in [0.3, 0.4) is 0 Å². The maximum absolute atomic E-state index is 13.1. The van der Waals surface area contributed by atoms with Crippen LogP contribution >= 0.6 is 23.2 Å². The molecule has 2 fully saturated rings. The van der Waals surface area contributed by atoms with E-state index in [2.05, 4.69) is 9.72 Å². The Kier molecular flexibility index (Phi) is 5.79. The van der Waals surface area contributed by atoms with E-state index in [1.54, 1.807) is 0 Å². The highest BCUT2D eigenvalue weighted by Crippen LogP contribution is 2.45. The molecule has 29 heavy (non-hydrogen) atoms. The molecule has 0 aromatic carbocycles. The minimum Gasteiger partial charge on any atom is -0.460 e. The molecule has 2 unspecified atom stereocenters. The molecule has 0 amide bonds. The van der Waals surface area contributed by atoms with Gasteiger partial charge in [-0.25, -0.2) is 0 Å².